The highest BCUT2D eigenvalue weighted by Crippen LogP contribution is 2.34. The highest BCUT2D eigenvalue weighted by molar-refractivity contribution is 7.88. The second-order valence-corrected chi connectivity index (χ2v) is 7.44. The number of rotatable bonds is 3. The van der Waals surface area contributed by atoms with Gasteiger partial charge in [-0.25, -0.2) is 8.42 Å². The summed E-state index contributed by atoms with van der Waals surface area (Å²) in [6.45, 7) is 1.09. The van der Waals surface area contributed by atoms with Gasteiger partial charge in [-0.15, -0.1) is 0 Å². The fourth-order valence-electron chi connectivity index (χ4n) is 3.29. The summed E-state index contributed by atoms with van der Waals surface area (Å²) in [4.78, 5) is 14.0. The lowest BCUT2D eigenvalue weighted by Gasteiger charge is -2.24. The van der Waals surface area contributed by atoms with Crippen molar-refractivity contribution in [2.75, 3.05) is 12.8 Å². The Balaban J connectivity index is 1.80. The zero-order valence-corrected chi connectivity index (χ0v) is 12.2. The summed E-state index contributed by atoms with van der Waals surface area (Å²) in [6.07, 6.45) is 2.26. The summed E-state index contributed by atoms with van der Waals surface area (Å²) in [5.74, 6) is 0.0530. The molecule has 0 aromatic heterocycles. The van der Waals surface area contributed by atoms with Gasteiger partial charge in [0.2, 0.25) is 15.9 Å². The average molecular weight is 294 g/mol. The number of benzene rings is 1. The van der Waals surface area contributed by atoms with E-state index < -0.39 is 10.0 Å². The number of fused-ring (bicyclic) bond motifs is 1. The van der Waals surface area contributed by atoms with Crippen molar-refractivity contribution in [3.05, 3.63) is 35.9 Å². The zero-order chi connectivity index (χ0) is 14.3. The molecule has 2 atom stereocenters. The molecule has 1 aromatic carbocycles. The van der Waals surface area contributed by atoms with Crippen molar-refractivity contribution in [3.8, 4) is 0 Å². The molecule has 3 rings (SSSR count). The third-order valence-electron chi connectivity index (χ3n) is 4.19. The lowest BCUT2D eigenvalue weighted by molar-refractivity contribution is -0.129. The molecule has 0 unspecified atom stereocenters. The first kappa shape index (κ1) is 13.6. The van der Waals surface area contributed by atoms with Crippen LogP contribution >= 0.6 is 0 Å². The van der Waals surface area contributed by atoms with E-state index in [2.05, 4.69) is 0 Å². The molecule has 0 aliphatic carbocycles. The van der Waals surface area contributed by atoms with Crippen LogP contribution in [0.15, 0.2) is 30.3 Å². The van der Waals surface area contributed by atoms with Crippen molar-refractivity contribution < 1.29 is 13.2 Å². The molecule has 6 heteroatoms. The van der Waals surface area contributed by atoms with Crippen molar-refractivity contribution in [2.24, 2.45) is 0 Å². The molecule has 108 valence electrons. The number of carbonyl (C=O) groups excluding carboxylic acids is 1. The summed E-state index contributed by atoms with van der Waals surface area (Å²) in [7, 11) is -3.22. The average Bonchev–Trinajstić information content (AvgIpc) is 2.91. The fraction of sp³-hybridized carbons (Fsp3) is 0.500. The number of hydrogen-bond acceptors (Lipinski definition) is 3. The molecule has 2 fully saturated rings. The molecular formula is C14H18N2O3S. The van der Waals surface area contributed by atoms with Crippen LogP contribution in [-0.2, 0) is 21.4 Å². The number of hydrogen-bond donors (Lipinski definition) is 0. The van der Waals surface area contributed by atoms with Crippen LogP contribution in [0.25, 0.3) is 0 Å². The molecular weight excluding hydrogens is 276 g/mol. The summed E-state index contributed by atoms with van der Waals surface area (Å²) in [5.41, 5.74) is 1.08. The lowest BCUT2D eigenvalue weighted by atomic mass is 10.1. The van der Waals surface area contributed by atoms with Crippen LogP contribution < -0.4 is 0 Å². The van der Waals surface area contributed by atoms with E-state index in [1.54, 1.807) is 0 Å². The van der Waals surface area contributed by atoms with Crippen LogP contribution in [0, 0.1) is 0 Å². The lowest BCUT2D eigenvalue weighted by Crippen LogP contribution is -2.39. The Morgan fingerprint density at radius 2 is 1.90 bits per heavy atom. The standard InChI is InChI=1S/C14H18N2O3S/c1-20(18,19)16-8-7-12-13(16)9-14(17)15(12)10-11-5-3-2-4-6-11/h2-6,12-13H,7-10H2,1H3/t12-,13-/m0/s1. The van der Waals surface area contributed by atoms with E-state index in [4.69, 9.17) is 0 Å². The highest BCUT2D eigenvalue weighted by Gasteiger charge is 2.49. The third-order valence-corrected chi connectivity index (χ3v) is 5.49. The van der Waals surface area contributed by atoms with Gasteiger partial charge in [-0.05, 0) is 12.0 Å². The van der Waals surface area contributed by atoms with Crippen molar-refractivity contribution in [2.45, 2.75) is 31.5 Å². The van der Waals surface area contributed by atoms with Gasteiger partial charge < -0.3 is 4.90 Å². The minimum absolute atomic E-state index is 0.0254. The molecule has 5 nitrogen and oxygen atoms in total. The zero-order valence-electron chi connectivity index (χ0n) is 11.4. The van der Waals surface area contributed by atoms with Crippen molar-refractivity contribution in [1.29, 1.82) is 0 Å². The fourth-order valence-corrected chi connectivity index (χ4v) is 4.43. The first-order valence-electron chi connectivity index (χ1n) is 6.77. The molecule has 2 saturated heterocycles. The molecule has 0 saturated carbocycles. The van der Waals surface area contributed by atoms with Gasteiger partial charge in [0, 0.05) is 19.5 Å². The molecule has 1 aromatic rings. The maximum Gasteiger partial charge on any atom is 0.224 e. The second-order valence-electron chi connectivity index (χ2n) is 5.51. The van der Waals surface area contributed by atoms with E-state index in [-0.39, 0.29) is 18.0 Å². The topological polar surface area (TPSA) is 57.7 Å². The Bertz CT molecular complexity index is 615. The number of likely N-dealkylation sites (tertiary alicyclic amines) is 1. The molecule has 20 heavy (non-hydrogen) atoms. The number of nitrogens with zero attached hydrogens (tertiary/aromatic N) is 2. The monoisotopic (exact) mass is 294 g/mol. The van der Waals surface area contributed by atoms with Gasteiger partial charge in [-0.2, -0.15) is 4.31 Å². The minimum Gasteiger partial charge on any atom is -0.334 e. The molecule has 2 aliphatic rings. The summed E-state index contributed by atoms with van der Waals surface area (Å²) in [6, 6.07) is 9.67. The molecule has 2 heterocycles. The van der Waals surface area contributed by atoms with Crippen LogP contribution in [0.1, 0.15) is 18.4 Å². The molecule has 1 amide bonds. The van der Waals surface area contributed by atoms with Gasteiger partial charge >= 0.3 is 0 Å². The quantitative estimate of drug-likeness (QED) is 0.829. The Kier molecular flexibility index (Phi) is 3.30. The predicted octanol–water partition coefficient (Wildman–Crippen LogP) is 0.821. The Hall–Kier alpha value is -1.40. The molecule has 0 N–H and O–H groups in total. The van der Waals surface area contributed by atoms with Crippen LogP contribution in [-0.4, -0.2) is 48.4 Å². The first-order valence-corrected chi connectivity index (χ1v) is 8.62. The minimum atomic E-state index is -3.22. The van der Waals surface area contributed by atoms with Gasteiger partial charge in [0.05, 0.1) is 18.3 Å². The van der Waals surface area contributed by atoms with E-state index in [1.165, 1.54) is 10.6 Å². The summed E-state index contributed by atoms with van der Waals surface area (Å²) < 4.78 is 25.0. The third kappa shape index (κ3) is 2.33. The molecule has 0 spiro atoms. The second kappa shape index (κ2) is 4.86. The predicted molar refractivity (Wildman–Crippen MR) is 75.4 cm³/mol. The highest BCUT2D eigenvalue weighted by atomic mass is 32.2. The van der Waals surface area contributed by atoms with E-state index in [1.807, 2.05) is 35.2 Å². The van der Waals surface area contributed by atoms with Crippen LogP contribution in [0.2, 0.25) is 0 Å². The maximum absolute atomic E-state index is 12.2. The van der Waals surface area contributed by atoms with Crippen LogP contribution in [0.4, 0.5) is 0 Å². The Morgan fingerprint density at radius 1 is 1.20 bits per heavy atom. The summed E-state index contributed by atoms with van der Waals surface area (Å²) in [5, 5.41) is 0. The Labute approximate surface area is 119 Å². The van der Waals surface area contributed by atoms with Crippen LogP contribution in [0.3, 0.4) is 0 Å². The molecule has 0 radical (unpaired) electrons. The smallest absolute Gasteiger partial charge is 0.224 e. The van der Waals surface area contributed by atoms with Gasteiger partial charge in [0.1, 0.15) is 0 Å². The van der Waals surface area contributed by atoms with E-state index >= 15 is 0 Å². The van der Waals surface area contributed by atoms with Crippen molar-refractivity contribution in [3.63, 3.8) is 0 Å². The first-order chi connectivity index (χ1) is 9.47. The van der Waals surface area contributed by atoms with Gasteiger partial charge in [-0.3, -0.25) is 4.79 Å². The van der Waals surface area contributed by atoms with Crippen molar-refractivity contribution >= 4 is 15.9 Å². The Morgan fingerprint density at radius 3 is 2.55 bits per heavy atom. The van der Waals surface area contributed by atoms with Gasteiger partial charge in [0.25, 0.3) is 0 Å². The van der Waals surface area contributed by atoms with Crippen molar-refractivity contribution in [1.82, 2.24) is 9.21 Å². The largest absolute Gasteiger partial charge is 0.334 e. The summed E-state index contributed by atoms with van der Waals surface area (Å²) >= 11 is 0. The number of amides is 1. The molecule has 2 aliphatic heterocycles. The van der Waals surface area contributed by atoms with E-state index in [9.17, 15) is 13.2 Å². The van der Waals surface area contributed by atoms with E-state index in [0.717, 1.165) is 12.0 Å². The van der Waals surface area contributed by atoms with E-state index in [0.29, 0.717) is 19.5 Å². The maximum atomic E-state index is 12.2. The normalized spacial score (nSPS) is 27.1. The number of sulfonamides is 1. The van der Waals surface area contributed by atoms with Crippen LogP contribution in [0.5, 0.6) is 0 Å². The SMILES string of the molecule is CS(=O)(=O)N1CC[C@H]2[C@@H]1CC(=O)N2Cc1ccccc1. The molecule has 0 bridgehead atoms. The number of carbonyl (C=O) groups is 1. The van der Waals surface area contributed by atoms with Gasteiger partial charge in [-0.1, -0.05) is 30.3 Å². The van der Waals surface area contributed by atoms with Gasteiger partial charge in [0.15, 0.2) is 0 Å².